The van der Waals surface area contributed by atoms with Crippen molar-refractivity contribution < 1.29 is 0 Å². The third-order valence-corrected chi connectivity index (χ3v) is 3.09. The van der Waals surface area contributed by atoms with E-state index < -0.39 is 0 Å². The number of hydrogen-bond donors (Lipinski definition) is 1. The monoisotopic (exact) mass is 204 g/mol. The Hall–Kier alpha value is -0.990. The Bertz CT molecular complexity index is 280. The zero-order valence-corrected chi connectivity index (χ0v) is 9.71. The van der Waals surface area contributed by atoms with E-state index in [1.165, 1.54) is 19.3 Å². The topological polar surface area (TPSA) is 35.8 Å². The molecule has 0 aromatic carbocycles. The van der Waals surface area contributed by atoms with Gasteiger partial charge in [-0.05, 0) is 26.7 Å². The van der Waals surface area contributed by atoms with Gasteiger partial charge in [0.05, 0.1) is 17.5 Å². The van der Waals surface area contributed by atoms with Crippen molar-refractivity contribution in [2.75, 3.05) is 0 Å². The lowest BCUT2D eigenvalue weighted by Crippen LogP contribution is -2.47. The number of nitrogens with one attached hydrogen (secondary N) is 1. The van der Waals surface area contributed by atoms with Crippen LogP contribution in [0.5, 0.6) is 0 Å². The minimum atomic E-state index is -0.301. The summed E-state index contributed by atoms with van der Waals surface area (Å²) in [4.78, 5) is 0. The second-order valence-corrected chi connectivity index (χ2v) is 4.89. The summed E-state index contributed by atoms with van der Waals surface area (Å²) in [5.41, 5.74) is -0.301. The fourth-order valence-corrected chi connectivity index (χ4v) is 2.14. The van der Waals surface area contributed by atoms with Crippen LogP contribution in [0.2, 0.25) is 0 Å². The Morgan fingerprint density at radius 1 is 1.27 bits per heavy atom. The Kier molecular flexibility index (Phi) is 4.18. The van der Waals surface area contributed by atoms with Gasteiger partial charge in [-0.3, -0.25) is 5.32 Å². The molecule has 0 bridgehead atoms. The van der Waals surface area contributed by atoms with Gasteiger partial charge < -0.3 is 0 Å². The van der Waals surface area contributed by atoms with Gasteiger partial charge in [0.25, 0.3) is 0 Å². The van der Waals surface area contributed by atoms with Crippen LogP contribution in [0, 0.1) is 29.6 Å². The van der Waals surface area contributed by atoms with Crippen LogP contribution in [-0.4, -0.2) is 11.6 Å². The highest BCUT2D eigenvalue weighted by molar-refractivity contribution is 5.10. The molecule has 1 aliphatic rings. The van der Waals surface area contributed by atoms with Crippen LogP contribution in [0.25, 0.3) is 0 Å². The number of nitrogens with zero attached hydrogens (tertiary/aromatic N) is 1. The van der Waals surface area contributed by atoms with Crippen LogP contribution in [0.15, 0.2) is 0 Å². The molecule has 82 valence electrons. The second-order valence-electron chi connectivity index (χ2n) is 4.89. The van der Waals surface area contributed by atoms with Crippen molar-refractivity contribution in [1.82, 2.24) is 5.32 Å². The minimum absolute atomic E-state index is 0.125. The van der Waals surface area contributed by atoms with E-state index in [0.29, 0.717) is 0 Å². The van der Waals surface area contributed by atoms with E-state index in [9.17, 15) is 0 Å². The normalized spacial score (nSPS) is 27.5. The van der Waals surface area contributed by atoms with Gasteiger partial charge in [-0.25, -0.2) is 0 Å². The molecule has 0 amide bonds. The molecule has 1 rings (SSSR count). The molecule has 2 heteroatoms. The molecule has 0 aromatic heterocycles. The van der Waals surface area contributed by atoms with Gasteiger partial charge in [-0.15, -0.1) is 6.42 Å². The Morgan fingerprint density at radius 3 is 2.53 bits per heavy atom. The number of terminal acetylenes is 1. The van der Waals surface area contributed by atoms with Crippen LogP contribution < -0.4 is 5.32 Å². The van der Waals surface area contributed by atoms with E-state index >= 15 is 0 Å². The largest absolute Gasteiger partial charge is 0.298 e. The Labute approximate surface area is 93.1 Å². The third kappa shape index (κ3) is 3.57. The first-order valence-corrected chi connectivity index (χ1v) is 5.74. The van der Waals surface area contributed by atoms with Gasteiger partial charge in [0.15, 0.2) is 0 Å². The maximum absolute atomic E-state index is 9.11. The van der Waals surface area contributed by atoms with Crippen molar-refractivity contribution in [3.8, 4) is 18.4 Å². The molecule has 2 unspecified atom stereocenters. The molecule has 0 aliphatic heterocycles. The summed E-state index contributed by atoms with van der Waals surface area (Å²) >= 11 is 0. The van der Waals surface area contributed by atoms with Crippen LogP contribution in [0.4, 0.5) is 0 Å². The van der Waals surface area contributed by atoms with Gasteiger partial charge in [0, 0.05) is 6.04 Å². The first-order chi connectivity index (χ1) is 7.09. The molecule has 1 fully saturated rings. The van der Waals surface area contributed by atoms with E-state index in [1.54, 1.807) is 0 Å². The molecule has 2 atom stereocenters. The zero-order valence-electron chi connectivity index (χ0n) is 9.71. The fraction of sp³-hybridized carbons (Fsp3) is 0.769. The van der Waals surface area contributed by atoms with Crippen LogP contribution in [0.3, 0.4) is 0 Å². The van der Waals surface area contributed by atoms with Crippen molar-refractivity contribution in [3.05, 3.63) is 0 Å². The maximum Gasteiger partial charge on any atom is 0.0743 e. The molecule has 0 spiro atoms. The van der Waals surface area contributed by atoms with Crippen molar-refractivity contribution in [2.45, 2.75) is 57.5 Å². The van der Waals surface area contributed by atoms with Crippen LogP contribution in [0.1, 0.15) is 46.0 Å². The summed E-state index contributed by atoms with van der Waals surface area (Å²) < 4.78 is 0. The zero-order chi connectivity index (χ0) is 11.3. The van der Waals surface area contributed by atoms with Gasteiger partial charge in [0.2, 0.25) is 0 Å². The molecule has 2 nitrogen and oxygen atoms in total. The van der Waals surface area contributed by atoms with E-state index in [4.69, 9.17) is 11.7 Å². The lowest BCUT2D eigenvalue weighted by molar-refractivity contribution is 0.331. The molecule has 0 saturated heterocycles. The molecular formula is C13H20N2. The number of hydrogen-bond acceptors (Lipinski definition) is 2. The summed E-state index contributed by atoms with van der Waals surface area (Å²) in [6, 6.07) is 2.68. The van der Waals surface area contributed by atoms with Gasteiger partial charge in [-0.1, -0.05) is 25.2 Å². The van der Waals surface area contributed by atoms with Crippen molar-refractivity contribution in [3.63, 3.8) is 0 Å². The average Bonchev–Trinajstić information content (AvgIpc) is 2.42. The maximum atomic E-state index is 9.11. The number of nitriles is 1. The van der Waals surface area contributed by atoms with Crippen molar-refractivity contribution in [1.29, 1.82) is 5.26 Å². The third-order valence-electron chi connectivity index (χ3n) is 3.09. The average molecular weight is 204 g/mol. The number of rotatable bonds is 2. The summed E-state index contributed by atoms with van der Waals surface area (Å²) in [5.74, 6) is 2.86. The SMILES string of the molecule is C#CC(C)(C)NC1CCCCCC1C#N. The van der Waals surface area contributed by atoms with E-state index in [2.05, 4.69) is 17.3 Å². The smallest absolute Gasteiger partial charge is 0.0743 e. The van der Waals surface area contributed by atoms with Gasteiger partial charge >= 0.3 is 0 Å². The highest BCUT2D eigenvalue weighted by Crippen LogP contribution is 2.24. The summed E-state index contributed by atoms with van der Waals surface area (Å²) in [6.45, 7) is 3.98. The first-order valence-electron chi connectivity index (χ1n) is 5.74. The molecule has 0 heterocycles. The fourth-order valence-electron chi connectivity index (χ4n) is 2.14. The first kappa shape index (κ1) is 12.1. The van der Waals surface area contributed by atoms with Crippen molar-refractivity contribution >= 4 is 0 Å². The predicted molar refractivity (Wildman–Crippen MR) is 62.0 cm³/mol. The van der Waals surface area contributed by atoms with Gasteiger partial charge in [0.1, 0.15) is 0 Å². The predicted octanol–water partition coefficient (Wildman–Crippen LogP) is 2.46. The summed E-state index contributed by atoms with van der Waals surface area (Å²) in [5, 5.41) is 12.5. The van der Waals surface area contributed by atoms with Crippen LogP contribution >= 0.6 is 0 Å². The Morgan fingerprint density at radius 2 is 1.93 bits per heavy atom. The quantitative estimate of drug-likeness (QED) is 0.554. The van der Waals surface area contributed by atoms with E-state index in [-0.39, 0.29) is 17.5 Å². The standard InChI is InChI=1S/C13H20N2/c1-4-13(2,3)15-12-9-7-5-6-8-11(12)10-14/h1,11-12,15H,5-9H2,2-3H3. The molecule has 0 aromatic rings. The second kappa shape index (κ2) is 5.19. The Balaban J connectivity index is 2.65. The molecule has 1 N–H and O–H groups in total. The highest BCUT2D eigenvalue weighted by atomic mass is 15.0. The highest BCUT2D eigenvalue weighted by Gasteiger charge is 2.27. The van der Waals surface area contributed by atoms with E-state index in [1.807, 2.05) is 13.8 Å². The van der Waals surface area contributed by atoms with Crippen LogP contribution in [-0.2, 0) is 0 Å². The lowest BCUT2D eigenvalue weighted by atomic mass is 9.93. The summed E-state index contributed by atoms with van der Waals surface area (Å²) in [6.07, 6.45) is 11.2. The lowest BCUT2D eigenvalue weighted by Gasteiger charge is -2.29. The van der Waals surface area contributed by atoms with E-state index in [0.717, 1.165) is 12.8 Å². The van der Waals surface area contributed by atoms with Gasteiger partial charge in [-0.2, -0.15) is 5.26 Å². The molecule has 1 saturated carbocycles. The van der Waals surface area contributed by atoms with Crippen molar-refractivity contribution in [2.24, 2.45) is 5.92 Å². The molecule has 0 radical (unpaired) electrons. The molecule has 15 heavy (non-hydrogen) atoms. The summed E-state index contributed by atoms with van der Waals surface area (Å²) in [7, 11) is 0. The molecular weight excluding hydrogens is 184 g/mol. The molecule has 1 aliphatic carbocycles. The minimum Gasteiger partial charge on any atom is -0.298 e.